The minimum Gasteiger partial charge on any atom is -0.315 e. The number of hydrogen-bond acceptors (Lipinski definition) is 3. The van der Waals surface area contributed by atoms with E-state index >= 15 is 0 Å². The molecule has 2 aromatic carbocycles. The van der Waals surface area contributed by atoms with E-state index in [0.29, 0.717) is 10.6 Å². The molecule has 0 fully saturated rings. The highest BCUT2D eigenvalue weighted by Crippen LogP contribution is 2.28. The van der Waals surface area contributed by atoms with Crippen molar-refractivity contribution >= 4 is 21.6 Å². The van der Waals surface area contributed by atoms with Crippen LogP contribution < -0.4 is 10.3 Å². The highest BCUT2D eigenvalue weighted by Gasteiger charge is 2.31. The lowest BCUT2D eigenvalue weighted by Gasteiger charge is -2.20. The lowest BCUT2D eigenvalue weighted by atomic mass is 10.0. The number of sulfonamides is 1. The van der Waals surface area contributed by atoms with E-state index in [1.54, 1.807) is 30.3 Å². The van der Waals surface area contributed by atoms with Crippen LogP contribution in [-0.2, 0) is 22.7 Å². The number of aryl methyl sites for hydroxylation is 1. The molecule has 31 heavy (non-hydrogen) atoms. The molecule has 0 amide bonds. The van der Waals surface area contributed by atoms with Crippen molar-refractivity contribution in [3.63, 3.8) is 0 Å². The monoisotopic (exact) mass is 470 g/mol. The third-order valence-electron chi connectivity index (χ3n) is 4.59. The average molecular weight is 471 g/mol. The van der Waals surface area contributed by atoms with Crippen molar-refractivity contribution in [1.29, 1.82) is 0 Å². The van der Waals surface area contributed by atoms with Crippen LogP contribution in [-0.4, -0.2) is 13.0 Å². The number of pyridine rings is 1. The van der Waals surface area contributed by atoms with Crippen molar-refractivity contribution in [1.82, 2.24) is 9.29 Å². The Morgan fingerprint density at radius 3 is 2.23 bits per heavy atom. The first-order valence-electron chi connectivity index (χ1n) is 9.17. The summed E-state index contributed by atoms with van der Waals surface area (Å²) in [6, 6.07) is 15.0. The van der Waals surface area contributed by atoms with Gasteiger partial charge in [-0.15, -0.1) is 0 Å². The molecular weight excluding hydrogens is 453 g/mol. The summed E-state index contributed by atoms with van der Waals surface area (Å²) in [5, 5.41) is 0.377. The normalized spacial score (nSPS) is 13.2. The van der Waals surface area contributed by atoms with E-state index in [9.17, 15) is 26.4 Å². The molecular formula is C21H18ClF3N2O3S. The average Bonchev–Trinajstić information content (AvgIpc) is 2.72. The van der Waals surface area contributed by atoms with Crippen LogP contribution >= 0.6 is 11.6 Å². The molecule has 1 atom stereocenters. The molecule has 0 radical (unpaired) electrons. The lowest BCUT2D eigenvalue weighted by Crippen LogP contribution is -2.31. The molecule has 1 heterocycles. The van der Waals surface area contributed by atoms with Crippen molar-refractivity contribution in [2.75, 3.05) is 0 Å². The molecule has 3 rings (SSSR count). The smallest absolute Gasteiger partial charge is 0.315 e. The second-order valence-electron chi connectivity index (χ2n) is 6.77. The van der Waals surface area contributed by atoms with Gasteiger partial charge in [-0.05, 0) is 42.3 Å². The maximum Gasteiger partial charge on any atom is 0.417 e. The van der Waals surface area contributed by atoms with E-state index in [2.05, 4.69) is 4.72 Å². The number of nitrogens with zero attached hydrogens (tertiary/aromatic N) is 1. The second kappa shape index (κ2) is 9.25. The standard InChI is InChI=1S/C21H18ClF3N2O3S/c22-17-7-9-18(10-8-17)31(29,30)26-19(15-4-2-1-3-5-15)12-13-27-14-16(21(23,24)25)6-11-20(27)28/h1-11,14,19,26H,12-13H2. The number of aromatic nitrogens is 1. The van der Waals surface area contributed by atoms with Gasteiger partial charge in [-0.1, -0.05) is 41.9 Å². The molecule has 0 aliphatic carbocycles. The fourth-order valence-corrected chi connectivity index (χ4v) is 4.37. The fourth-order valence-electron chi connectivity index (χ4n) is 2.99. The van der Waals surface area contributed by atoms with E-state index in [0.717, 1.165) is 22.9 Å². The number of alkyl halides is 3. The molecule has 0 saturated heterocycles. The van der Waals surface area contributed by atoms with E-state index in [1.165, 1.54) is 24.3 Å². The predicted octanol–water partition coefficient (Wildman–Crippen LogP) is 4.63. The topological polar surface area (TPSA) is 68.2 Å². The third kappa shape index (κ3) is 5.96. The summed E-state index contributed by atoms with van der Waals surface area (Å²) >= 11 is 5.81. The largest absolute Gasteiger partial charge is 0.417 e. The Kier molecular flexibility index (Phi) is 6.88. The third-order valence-corrected chi connectivity index (χ3v) is 6.33. The van der Waals surface area contributed by atoms with Gasteiger partial charge in [-0.2, -0.15) is 13.2 Å². The van der Waals surface area contributed by atoms with Gasteiger partial charge in [-0.25, -0.2) is 13.1 Å². The van der Waals surface area contributed by atoms with E-state index in [4.69, 9.17) is 11.6 Å². The van der Waals surface area contributed by atoms with E-state index in [-0.39, 0.29) is 17.9 Å². The predicted molar refractivity (Wildman–Crippen MR) is 111 cm³/mol. The summed E-state index contributed by atoms with van der Waals surface area (Å²) in [5.74, 6) is 0. The van der Waals surface area contributed by atoms with E-state index in [1.807, 2.05) is 0 Å². The molecule has 1 aromatic heterocycles. The maximum absolute atomic E-state index is 13.0. The zero-order valence-electron chi connectivity index (χ0n) is 16.0. The molecule has 5 nitrogen and oxygen atoms in total. The van der Waals surface area contributed by atoms with Crippen LogP contribution in [0.3, 0.4) is 0 Å². The maximum atomic E-state index is 13.0. The van der Waals surface area contributed by atoms with Crippen LogP contribution in [0.1, 0.15) is 23.6 Å². The van der Waals surface area contributed by atoms with Gasteiger partial charge in [0.25, 0.3) is 5.56 Å². The first-order chi connectivity index (χ1) is 14.6. The van der Waals surface area contributed by atoms with Crippen molar-refractivity contribution < 1.29 is 21.6 Å². The number of hydrogen-bond donors (Lipinski definition) is 1. The second-order valence-corrected chi connectivity index (χ2v) is 8.92. The zero-order valence-corrected chi connectivity index (χ0v) is 17.6. The Hall–Kier alpha value is -2.62. The Morgan fingerprint density at radius 1 is 0.968 bits per heavy atom. The summed E-state index contributed by atoms with van der Waals surface area (Å²) in [7, 11) is -3.95. The Bertz CT molecular complexity index is 1200. The van der Waals surface area contributed by atoms with Gasteiger partial charge in [0.1, 0.15) is 0 Å². The molecule has 0 bridgehead atoms. The van der Waals surface area contributed by atoms with Crippen LogP contribution in [0.4, 0.5) is 13.2 Å². The fraction of sp³-hybridized carbons (Fsp3) is 0.190. The first kappa shape index (κ1) is 23.1. The molecule has 10 heteroatoms. The molecule has 1 N–H and O–H groups in total. The van der Waals surface area contributed by atoms with Crippen molar-refractivity contribution in [2.24, 2.45) is 0 Å². The lowest BCUT2D eigenvalue weighted by molar-refractivity contribution is -0.138. The quantitative estimate of drug-likeness (QED) is 0.547. The van der Waals surface area contributed by atoms with Crippen LogP contribution in [0.2, 0.25) is 5.02 Å². The molecule has 0 aliphatic heterocycles. The Morgan fingerprint density at radius 2 is 1.61 bits per heavy atom. The van der Waals surface area contributed by atoms with Gasteiger partial charge in [0, 0.05) is 29.9 Å². The Labute approximate surface area is 182 Å². The van der Waals surface area contributed by atoms with Gasteiger partial charge < -0.3 is 4.57 Å². The first-order valence-corrected chi connectivity index (χ1v) is 11.0. The molecule has 0 spiro atoms. The van der Waals surface area contributed by atoms with E-state index < -0.39 is 33.4 Å². The molecule has 0 aliphatic rings. The van der Waals surface area contributed by atoms with Crippen LogP contribution in [0, 0.1) is 0 Å². The zero-order chi connectivity index (χ0) is 22.6. The Balaban J connectivity index is 1.88. The van der Waals surface area contributed by atoms with Crippen molar-refractivity contribution in [2.45, 2.75) is 30.1 Å². The minimum atomic E-state index is -4.59. The van der Waals surface area contributed by atoms with Crippen molar-refractivity contribution in [3.8, 4) is 0 Å². The number of benzene rings is 2. The summed E-state index contributed by atoms with van der Waals surface area (Å²) in [5.41, 5.74) is -0.953. The minimum absolute atomic E-state index is 0.00549. The van der Waals surface area contributed by atoms with Crippen LogP contribution in [0.15, 0.2) is 82.6 Å². The molecule has 3 aromatic rings. The summed E-state index contributed by atoms with van der Waals surface area (Å²) in [6.45, 7) is -0.120. The summed E-state index contributed by atoms with van der Waals surface area (Å²) < 4.78 is 68.1. The van der Waals surface area contributed by atoms with Gasteiger partial charge in [0.15, 0.2) is 0 Å². The number of nitrogens with one attached hydrogen (secondary N) is 1. The summed E-state index contributed by atoms with van der Waals surface area (Å²) in [6.07, 6.45) is -3.80. The van der Waals surface area contributed by atoms with Gasteiger partial charge in [0.2, 0.25) is 10.0 Å². The van der Waals surface area contributed by atoms with Crippen LogP contribution in [0.5, 0.6) is 0 Å². The van der Waals surface area contributed by atoms with Crippen molar-refractivity contribution in [3.05, 3.63) is 99.4 Å². The molecule has 164 valence electrons. The van der Waals surface area contributed by atoms with Crippen LogP contribution in [0.25, 0.3) is 0 Å². The SMILES string of the molecule is O=c1ccc(C(F)(F)F)cn1CCC(NS(=O)(=O)c1ccc(Cl)cc1)c1ccccc1. The number of rotatable bonds is 7. The number of halogens is 4. The van der Waals surface area contributed by atoms with Gasteiger partial charge in [0.05, 0.1) is 10.5 Å². The van der Waals surface area contributed by atoms with Gasteiger partial charge >= 0.3 is 6.18 Å². The molecule has 0 saturated carbocycles. The van der Waals surface area contributed by atoms with Gasteiger partial charge in [-0.3, -0.25) is 4.79 Å². The highest BCUT2D eigenvalue weighted by atomic mass is 35.5. The summed E-state index contributed by atoms with van der Waals surface area (Å²) in [4.78, 5) is 12.0. The molecule has 1 unspecified atom stereocenters. The highest BCUT2D eigenvalue weighted by molar-refractivity contribution is 7.89.